The summed E-state index contributed by atoms with van der Waals surface area (Å²) in [6, 6.07) is 14.5. The molecule has 4 rings (SSSR count). The molecule has 0 spiro atoms. The number of piperidine rings is 1. The zero-order valence-corrected chi connectivity index (χ0v) is 18.4. The molecule has 0 atom stereocenters. The third-order valence-corrected chi connectivity index (χ3v) is 5.62. The number of aryl methyl sites for hydroxylation is 1. The molecule has 0 radical (unpaired) electrons. The number of hydrogen-bond donors (Lipinski definition) is 2. The minimum atomic E-state index is -1.31. The number of nitrogens with one attached hydrogen (secondary N) is 1. The first kappa shape index (κ1) is 21.9. The van der Waals surface area contributed by atoms with E-state index in [4.69, 9.17) is 11.6 Å². The van der Waals surface area contributed by atoms with Gasteiger partial charge < -0.3 is 5.11 Å². The first-order valence-corrected chi connectivity index (χ1v) is 10.8. The maximum atomic E-state index is 13.0. The summed E-state index contributed by atoms with van der Waals surface area (Å²) in [5, 5.41) is 12.2. The van der Waals surface area contributed by atoms with Crippen LogP contribution in [0.3, 0.4) is 0 Å². The van der Waals surface area contributed by atoms with Crippen molar-refractivity contribution in [3.8, 4) is 22.5 Å². The predicted molar refractivity (Wildman–Crippen MR) is 123 cm³/mol. The fraction of sp³-hybridized carbons (Fsp3) is 0.250. The van der Waals surface area contributed by atoms with Crippen LogP contribution < -0.4 is 5.43 Å². The lowest BCUT2D eigenvalue weighted by molar-refractivity contribution is 0.0666. The zero-order valence-electron chi connectivity index (χ0n) is 17.6. The Kier molecular flexibility index (Phi) is 6.48. The van der Waals surface area contributed by atoms with E-state index in [1.54, 1.807) is 29.3 Å². The van der Waals surface area contributed by atoms with Gasteiger partial charge in [0.15, 0.2) is 11.4 Å². The van der Waals surface area contributed by atoms with E-state index in [-0.39, 0.29) is 11.4 Å². The maximum Gasteiger partial charge on any atom is 0.357 e. The highest BCUT2D eigenvalue weighted by Gasteiger charge is 2.26. The molecule has 2 aromatic carbocycles. The molecular formula is C24H23ClN4O3. The third kappa shape index (κ3) is 4.79. The van der Waals surface area contributed by atoms with E-state index in [2.05, 4.69) is 15.4 Å². The lowest BCUT2D eigenvalue weighted by Crippen LogP contribution is -2.45. The molecule has 1 aliphatic rings. The zero-order chi connectivity index (χ0) is 22.7. The van der Waals surface area contributed by atoms with Crippen molar-refractivity contribution in [3.63, 3.8) is 0 Å². The summed E-state index contributed by atoms with van der Waals surface area (Å²) in [4.78, 5) is 34.0. The molecule has 32 heavy (non-hydrogen) atoms. The van der Waals surface area contributed by atoms with Crippen LogP contribution >= 0.6 is 11.6 Å². The number of hydrogen-bond acceptors (Lipinski definition) is 5. The van der Waals surface area contributed by atoms with Crippen molar-refractivity contribution < 1.29 is 14.7 Å². The number of carboxylic acid groups (broad SMARTS) is 1. The number of aromatic carboxylic acids is 1. The number of rotatable bonds is 5. The highest BCUT2D eigenvalue weighted by atomic mass is 35.5. The summed E-state index contributed by atoms with van der Waals surface area (Å²) in [6.45, 7) is 3.40. The van der Waals surface area contributed by atoms with Gasteiger partial charge in [0.1, 0.15) is 0 Å². The van der Waals surface area contributed by atoms with Crippen LogP contribution in [0.2, 0.25) is 5.02 Å². The summed E-state index contributed by atoms with van der Waals surface area (Å²) in [6.07, 6.45) is 3.05. The molecule has 3 aromatic rings. The Morgan fingerprint density at radius 3 is 1.97 bits per heavy atom. The summed E-state index contributed by atoms with van der Waals surface area (Å²) >= 11 is 6.05. The number of carboxylic acids is 1. The Bertz CT molecular complexity index is 1140. The number of carbonyl (C=O) groups excluding carboxylic acids is 1. The number of halogens is 1. The quantitative estimate of drug-likeness (QED) is 0.589. The van der Waals surface area contributed by atoms with Crippen LogP contribution in [-0.2, 0) is 0 Å². The van der Waals surface area contributed by atoms with Gasteiger partial charge in [0.2, 0.25) is 0 Å². The molecule has 1 amide bonds. The van der Waals surface area contributed by atoms with Gasteiger partial charge in [-0.2, -0.15) is 0 Å². The minimum Gasteiger partial charge on any atom is -0.476 e. The van der Waals surface area contributed by atoms with E-state index in [1.165, 1.54) is 0 Å². The Morgan fingerprint density at radius 1 is 0.875 bits per heavy atom. The molecule has 1 fully saturated rings. The van der Waals surface area contributed by atoms with Gasteiger partial charge >= 0.3 is 5.97 Å². The highest BCUT2D eigenvalue weighted by molar-refractivity contribution is 6.30. The number of benzene rings is 2. The van der Waals surface area contributed by atoms with Gasteiger partial charge in [0.25, 0.3) is 5.91 Å². The number of carbonyl (C=O) groups is 2. The number of aromatic nitrogens is 2. The fourth-order valence-corrected chi connectivity index (χ4v) is 3.79. The van der Waals surface area contributed by atoms with E-state index in [9.17, 15) is 14.7 Å². The van der Waals surface area contributed by atoms with E-state index in [0.29, 0.717) is 40.6 Å². The van der Waals surface area contributed by atoms with Crippen LogP contribution in [0.25, 0.3) is 22.5 Å². The lowest BCUT2D eigenvalue weighted by atomic mass is 10.0. The molecule has 1 aromatic heterocycles. The SMILES string of the molecule is Cc1ccc(-c2nc(C(=O)O)c(C(=O)NN3CCCCC3)nc2-c2ccc(Cl)cc2)cc1. The molecule has 1 aliphatic heterocycles. The molecule has 0 aliphatic carbocycles. The van der Waals surface area contributed by atoms with E-state index in [0.717, 1.165) is 24.8 Å². The number of hydrazine groups is 1. The molecule has 0 bridgehead atoms. The van der Waals surface area contributed by atoms with E-state index in [1.807, 2.05) is 31.2 Å². The van der Waals surface area contributed by atoms with E-state index >= 15 is 0 Å². The molecule has 0 unspecified atom stereocenters. The monoisotopic (exact) mass is 450 g/mol. The second-order valence-corrected chi connectivity index (χ2v) is 8.22. The summed E-state index contributed by atoms with van der Waals surface area (Å²) in [7, 11) is 0. The van der Waals surface area contributed by atoms with Crippen molar-refractivity contribution in [2.45, 2.75) is 26.2 Å². The van der Waals surface area contributed by atoms with Crippen molar-refractivity contribution in [2.75, 3.05) is 13.1 Å². The molecule has 7 nitrogen and oxygen atoms in total. The standard InChI is InChI=1S/C24H23ClN4O3/c1-15-5-7-16(8-6-15)20-19(17-9-11-18(25)12-10-17)26-21(22(27-20)24(31)32)23(30)28-29-13-3-2-4-14-29/h5-12H,2-4,13-14H2,1H3,(H,28,30)(H,31,32). The van der Waals surface area contributed by atoms with Crippen molar-refractivity contribution in [1.82, 2.24) is 20.4 Å². The summed E-state index contributed by atoms with van der Waals surface area (Å²) in [5.74, 6) is -1.89. The topological polar surface area (TPSA) is 95.4 Å². The Labute approximate surface area is 191 Å². The molecule has 1 saturated heterocycles. The Morgan fingerprint density at radius 2 is 1.41 bits per heavy atom. The summed E-state index contributed by atoms with van der Waals surface area (Å²) in [5.41, 5.74) is 5.45. The largest absolute Gasteiger partial charge is 0.476 e. The maximum absolute atomic E-state index is 13.0. The van der Waals surface area contributed by atoms with Crippen molar-refractivity contribution in [3.05, 3.63) is 70.5 Å². The van der Waals surface area contributed by atoms with Crippen LogP contribution in [0.1, 0.15) is 45.8 Å². The smallest absolute Gasteiger partial charge is 0.357 e. The van der Waals surface area contributed by atoms with Gasteiger partial charge in [0.05, 0.1) is 11.4 Å². The first-order chi connectivity index (χ1) is 15.4. The van der Waals surface area contributed by atoms with Crippen LogP contribution in [0.4, 0.5) is 0 Å². The van der Waals surface area contributed by atoms with Gasteiger partial charge in [-0.3, -0.25) is 10.2 Å². The van der Waals surface area contributed by atoms with Crippen molar-refractivity contribution >= 4 is 23.5 Å². The number of nitrogens with zero attached hydrogens (tertiary/aromatic N) is 3. The van der Waals surface area contributed by atoms with Gasteiger partial charge in [-0.05, 0) is 31.9 Å². The Balaban J connectivity index is 1.85. The second kappa shape index (κ2) is 9.46. The van der Waals surface area contributed by atoms with Crippen LogP contribution in [0, 0.1) is 6.92 Å². The van der Waals surface area contributed by atoms with Gasteiger partial charge in [-0.1, -0.05) is 60.0 Å². The Hall–Kier alpha value is -3.29. The van der Waals surface area contributed by atoms with Gasteiger partial charge in [-0.25, -0.2) is 19.8 Å². The lowest BCUT2D eigenvalue weighted by Gasteiger charge is -2.26. The third-order valence-electron chi connectivity index (χ3n) is 5.37. The van der Waals surface area contributed by atoms with Crippen LogP contribution in [0.5, 0.6) is 0 Å². The fourth-order valence-electron chi connectivity index (χ4n) is 3.67. The molecule has 164 valence electrons. The molecule has 0 saturated carbocycles. The average Bonchev–Trinajstić information content (AvgIpc) is 2.80. The van der Waals surface area contributed by atoms with Crippen LogP contribution in [-0.4, -0.2) is 45.0 Å². The van der Waals surface area contributed by atoms with Crippen molar-refractivity contribution in [1.29, 1.82) is 0 Å². The van der Waals surface area contributed by atoms with Gasteiger partial charge in [0, 0.05) is 29.2 Å². The predicted octanol–water partition coefficient (Wildman–Crippen LogP) is 4.60. The van der Waals surface area contributed by atoms with E-state index < -0.39 is 11.9 Å². The number of amides is 1. The second-order valence-electron chi connectivity index (χ2n) is 7.78. The molecule has 8 heteroatoms. The minimum absolute atomic E-state index is 0.219. The van der Waals surface area contributed by atoms with Crippen LogP contribution in [0.15, 0.2) is 48.5 Å². The van der Waals surface area contributed by atoms with Gasteiger partial charge in [-0.15, -0.1) is 0 Å². The molecule has 2 heterocycles. The summed E-state index contributed by atoms with van der Waals surface area (Å²) < 4.78 is 0. The first-order valence-electron chi connectivity index (χ1n) is 10.5. The highest BCUT2D eigenvalue weighted by Crippen LogP contribution is 2.31. The average molecular weight is 451 g/mol. The van der Waals surface area contributed by atoms with Crippen molar-refractivity contribution in [2.24, 2.45) is 0 Å². The normalized spacial score (nSPS) is 14.2. The molecular weight excluding hydrogens is 428 g/mol. The molecule has 2 N–H and O–H groups in total.